The number of carbonyl (C=O) groups is 2. The first-order valence-electron chi connectivity index (χ1n) is 5.82. The average molecular weight is 265 g/mol. The third-order valence-corrected chi connectivity index (χ3v) is 4.01. The van der Waals surface area contributed by atoms with E-state index in [4.69, 9.17) is 5.11 Å². The van der Waals surface area contributed by atoms with Gasteiger partial charge in [0.25, 0.3) is 0 Å². The van der Waals surface area contributed by atoms with Crippen LogP contribution in [-0.4, -0.2) is 34.7 Å². The van der Waals surface area contributed by atoms with E-state index in [1.54, 1.807) is 11.8 Å². The summed E-state index contributed by atoms with van der Waals surface area (Å²) in [7, 11) is 0. The molecule has 1 aliphatic rings. The van der Waals surface area contributed by atoms with Gasteiger partial charge in [-0.2, -0.15) is 0 Å². The number of amides is 1. The Kier molecular flexibility index (Phi) is 3.91. The normalized spacial score (nSPS) is 18.9. The predicted molar refractivity (Wildman–Crippen MR) is 69.5 cm³/mol. The molecule has 5 heteroatoms. The molecule has 0 aliphatic carbocycles. The fourth-order valence-electron chi connectivity index (χ4n) is 2.40. The summed E-state index contributed by atoms with van der Waals surface area (Å²) in [5, 5.41) is 8.84. The Balaban J connectivity index is 2.31. The fourth-order valence-corrected chi connectivity index (χ4v) is 3.05. The number of carboxylic acids is 1. The highest BCUT2D eigenvalue weighted by Crippen LogP contribution is 2.36. The first kappa shape index (κ1) is 13.0. The summed E-state index contributed by atoms with van der Waals surface area (Å²) >= 11 is 1.62. The second-order valence-electron chi connectivity index (χ2n) is 4.20. The van der Waals surface area contributed by atoms with Crippen LogP contribution in [0, 0.1) is 0 Å². The Hall–Kier alpha value is -1.49. The van der Waals surface area contributed by atoms with Crippen LogP contribution in [0.1, 0.15) is 24.4 Å². The van der Waals surface area contributed by atoms with E-state index in [2.05, 4.69) is 0 Å². The van der Waals surface area contributed by atoms with Crippen molar-refractivity contribution >= 4 is 23.6 Å². The lowest BCUT2D eigenvalue weighted by atomic mass is 10.0. The van der Waals surface area contributed by atoms with E-state index in [1.807, 2.05) is 30.5 Å². The van der Waals surface area contributed by atoms with Gasteiger partial charge in [-0.25, -0.2) is 4.79 Å². The highest BCUT2D eigenvalue weighted by molar-refractivity contribution is 7.98. The molecule has 1 aliphatic heterocycles. The monoisotopic (exact) mass is 265 g/mol. The number of hydrogen-bond acceptors (Lipinski definition) is 3. The van der Waals surface area contributed by atoms with Gasteiger partial charge >= 0.3 is 11.9 Å². The van der Waals surface area contributed by atoms with Crippen molar-refractivity contribution in [1.82, 2.24) is 4.90 Å². The van der Waals surface area contributed by atoms with Gasteiger partial charge in [0.15, 0.2) is 0 Å². The molecule has 1 atom stereocenters. The van der Waals surface area contributed by atoms with Crippen molar-refractivity contribution in [2.24, 2.45) is 0 Å². The first-order valence-corrected chi connectivity index (χ1v) is 7.04. The highest BCUT2D eigenvalue weighted by atomic mass is 32.2. The number of benzene rings is 1. The zero-order valence-electron chi connectivity index (χ0n) is 10.1. The van der Waals surface area contributed by atoms with Crippen LogP contribution in [0.25, 0.3) is 0 Å². The van der Waals surface area contributed by atoms with E-state index in [9.17, 15) is 9.59 Å². The summed E-state index contributed by atoms with van der Waals surface area (Å²) in [5.74, 6) is -2.17. The van der Waals surface area contributed by atoms with Crippen molar-refractivity contribution in [2.45, 2.75) is 23.8 Å². The molecule has 2 rings (SSSR count). The van der Waals surface area contributed by atoms with E-state index < -0.39 is 11.9 Å². The van der Waals surface area contributed by atoms with Crippen LogP contribution in [0.5, 0.6) is 0 Å². The van der Waals surface area contributed by atoms with Crippen molar-refractivity contribution in [3.63, 3.8) is 0 Å². The maximum atomic E-state index is 11.6. The van der Waals surface area contributed by atoms with Crippen LogP contribution in [-0.2, 0) is 9.59 Å². The molecule has 1 aromatic carbocycles. The number of carbonyl (C=O) groups excluding carboxylic acids is 1. The third-order valence-electron chi connectivity index (χ3n) is 3.19. The van der Waals surface area contributed by atoms with Crippen LogP contribution in [0.3, 0.4) is 0 Å². The molecule has 0 radical (unpaired) electrons. The van der Waals surface area contributed by atoms with E-state index in [1.165, 1.54) is 4.90 Å². The minimum atomic E-state index is -1.37. The standard InChI is InChI=1S/C13H15NO3S/c1-18-11-7-3-2-5-9(11)10-6-4-8-14(10)12(15)13(16)17/h2-3,5,7,10H,4,6,8H2,1H3,(H,16,17). The SMILES string of the molecule is CSc1ccccc1C1CCCN1C(=O)C(=O)O. The Labute approximate surface area is 110 Å². The summed E-state index contributed by atoms with van der Waals surface area (Å²) in [6.07, 6.45) is 3.67. The number of carboxylic acid groups (broad SMARTS) is 1. The van der Waals surface area contributed by atoms with Crippen LogP contribution < -0.4 is 0 Å². The quantitative estimate of drug-likeness (QED) is 0.657. The van der Waals surface area contributed by atoms with Crippen molar-refractivity contribution in [3.05, 3.63) is 29.8 Å². The number of nitrogens with zero attached hydrogens (tertiary/aromatic N) is 1. The molecule has 1 aromatic rings. The van der Waals surface area contributed by atoms with Gasteiger partial charge in [0.1, 0.15) is 0 Å². The van der Waals surface area contributed by atoms with E-state index in [0.29, 0.717) is 6.54 Å². The molecule has 0 bridgehead atoms. The maximum Gasteiger partial charge on any atom is 0.394 e. The van der Waals surface area contributed by atoms with Gasteiger partial charge in [0.05, 0.1) is 6.04 Å². The molecule has 1 heterocycles. The van der Waals surface area contributed by atoms with Crippen LogP contribution in [0.4, 0.5) is 0 Å². The lowest BCUT2D eigenvalue weighted by Gasteiger charge is -2.24. The second-order valence-corrected chi connectivity index (χ2v) is 5.05. The van der Waals surface area contributed by atoms with Gasteiger partial charge in [0, 0.05) is 11.4 Å². The van der Waals surface area contributed by atoms with E-state index in [0.717, 1.165) is 23.3 Å². The summed E-state index contributed by atoms with van der Waals surface area (Å²) < 4.78 is 0. The van der Waals surface area contributed by atoms with Gasteiger partial charge in [-0.15, -0.1) is 11.8 Å². The number of rotatable bonds is 2. The molecular formula is C13H15NO3S. The highest BCUT2D eigenvalue weighted by Gasteiger charge is 2.34. The fraction of sp³-hybridized carbons (Fsp3) is 0.385. The van der Waals surface area contributed by atoms with Crippen molar-refractivity contribution in [3.8, 4) is 0 Å². The number of hydrogen-bond donors (Lipinski definition) is 1. The zero-order valence-corrected chi connectivity index (χ0v) is 10.9. The van der Waals surface area contributed by atoms with Gasteiger partial charge in [-0.05, 0) is 30.7 Å². The summed E-state index contributed by atoms with van der Waals surface area (Å²) in [4.78, 5) is 25.0. The molecular weight excluding hydrogens is 250 g/mol. The molecule has 0 aromatic heterocycles. The van der Waals surface area contributed by atoms with Crippen molar-refractivity contribution in [2.75, 3.05) is 12.8 Å². The van der Waals surface area contributed by atoms with Gasteiger partial charge in [-0.3, -0.25) is 4.79 Å². The zero-order chi connectivity index (χ0) is 13.1. The van der Waals surface area contributed by atoms with Crippen molar-refractivity contribution in [1.29, 1.82) is 0 Å². The summed E-state index contributed by atoms with van der Waals surface area (Å²) in [6.45, 7) is 0.526. The van der Waals surface area contributed by atoms with Gasteiger partial charge in [-0.1, -0.05) is 18.2 Å². The summed E-state index contributed by atoms with van der Waals surface area (Å²) in [6, 6.07) is 7.76. The van der Waals surface area contributed by atoms with Crippen LogP contribution in [0.15, 0.2) is 29.2 Å². The van der Waals surface area contributed by atoms with E-state index in [-0.39, 0.29) is 6.04 Å². The second kappa shape index (κ2) is 5.44. The Morgan fingerprint density at radius 2 is 2.11 bits per heavy atom. The largest absolute Gasteiger partial charge is 0.474 e. The third kappa shape index (κ3) is 2.36. The number of aliphatic carboxylic acids is 1. The molecule has 1 unspecified atom stereocenters. The van der Waals surface area contributed by atoms with Gasteiger partial charge in [0.2, 0.25) is 0 Å². The molecule has 0 spiro atoms. The van der Waals surface area contributed by atoms with Crippen molar-refractivity contribution < 1.29 is 14.7 Å². The van der Waals surface area contributed by atoms with E-state index >= 15 is 0 Å². The maximum absolute atomic E-state index is 11.6. The average Bonchev–Trinajstić information content (AvgIpc) is 2.86. The number of thioether (sulfide) groups is 1. The molecule has 96 valence electrons. The molecule has 1 amide bonds. The molecule has 4 nitrogen and oxygen atoms in total. The molecule has 1 N–H and O–H groups in total. The lowest BCUT2D eigenvalue weighted by molar-refractivity contribution is -0.156. The minimum absolute atomic E-state index is 0.0998. The topological polar surface area (TPSA) is 57.6 Å². The molecule has 1 fully saturated rings. The van der Waals surface area contributed by atoms with Crippen LogP contribution in [0.2, 0.25) is 0 Å². The smallest absolute Gasteiger partial charge is 0.394 e. The lowest BCUT2D eigenvalue weighted by Crippen LogP contribution is -2.36. The summed E-state index contributed by atoms with van der Waals surface area (Å²) in [5.41, 5.74) is 1.05. The Morgan fingerprint density at radius 3 is 2.78 bits per heavy atom. The van der Waals surface area contributed by atoms with Crippen LogP contribution >= 0.6 is 11.8 Å². The Morgan fingerprint density at radius 1 is 1.39 bits per heavy atom. The van der Waals surface area contributed by atoms with Gasteiger partial charge < -0.3 is 10.0 Å². The number of likely N-dealkylation sites (tertiary alicyclic amines) is 1. The first-order chi connectivity index (χ1) is 8.65. The molecule has 18 heavy (non-hydrogen) atoms. The molecule has 0 saturated carbocycles. The Bertz CT molecular complexity index is 475. The minimum Gasteiger partial charge on any atom is -0.474 e. The predicted octanol–water partition coefficient (Wildman–Crippen LogP) is 2.16. The molecule has 1 saturated heterocycles.